The first-order chi connectivity index (χ1) is 16.4. The normalized spacial score (nSPS) is 24.6. The molecule has 5 atom stereocenters. The van der Waals surface area contributed by atoms with Crippen molar-refractivity contribution in [3.63, 3.8) is 0 Å². The molecule has 1 amide bonds. The van der Waals surface area contributed by atoms with Gasteiger partial charge in [-0.05, 0) is 19.1 Å². The summed E-state index contributed by atoms with van der Waals surface area (Å²) in [6, 6.07) is 8.55. The Kier molecular flexibility index (Phi) is 7.17. The topological polar surface area (TPSA) is 141 Å². The zero-order valence-corrected chi connectivity index (χ0v) is 18.9. The summed E-state index contributed by atoms with van der Waals surface area (Å²) in [5, 5.41) is 32.8. The van der Waals surface area contributed by atoms with Gasteiger partial charge in [0.25, 0.3) is 5.88 Å². The standard InChI is InChI=1S/C23H27N5O6/c1-4-10-32-23-20(25-14(3)29)22(31)21(30)17(34-23)11-28-12-18(26-27-28)33-16-7-5-6-15-9-8-13(2)24-19(15)16/h4-9,12,17,20-23,30-31H,1,10-11H2,2-3H3,(H,25,29)/t17-,20-,21+,22-,23+/m1/s1. The molecule has 11 heteroatoms. The fourth-order valence-electron chi connectivity index (χ4n) is 3.79. The predicted molar refractivity (Wildman–Crippen MR) is 121 cm³/mol. The van der Waals surface area contributed by atoms with E-state index in [2.05, 4.69) is 27.2 Å². The summed E-state index contributed by atoms with van der Waals surface area (Å²) in [4.78, 5) is 16.1. The van der Waals surface area contributed by atoms with Crippen LogP contribution >= 0.6 is 0 Å². The fraction of sp³-hybridized carbons (Fsp3) is 0.391. The molecular weight excluding hydrogens is 442 g/mol. The molecule has 2 aromatic heterocycles. The lowest BCUT2D eigenvalue weighted by Crippen LogP contribution is -2.64. The fourth-order valence-corrected chi connectivity index (χ4v) is 3.79. The second kappa shape index (κ2) is 10.3. The molecule has 1 fully saturated rings. The Bertz CT molecular complexity index is 1170. The number of fused-ring (bicyclic) bond motifs is 1. The van der Waals surface area contributed by atoms with Crippen LogP contribution in [0.15, 0.2) is 49.2 Å². The van der Waals surface area contributed by atoms with Gasteiger partial charge in [-0.15, -0.1) is 6.58 Å². The quantitative estimate of drug-likeness (QED) is 0.413. The van der Waals surface area contributed by atoms with E-state index in [-0.39, 0.29) is 24.9 Å². The first kappa shape index (κ1) is 23.8. The monoisotopic (exact) mass is 469 g/mol. The van der Waals surface area contributed by atoms with Crippen LogP contribution in [-0.4, -0.2) is 73.3 Å². The molecule has 11 nitrogen and oxygen atoms in total. The molecule has 0 aliphatic carbocycles. The lowest BCUT2D eigenvalue weighted by Gasteiger charge is -2.42. The summed E-state index contributed by atoms with van der Waals surface area (Å²) < 4.78 is 18.8. The Morgan fingerprint density at radius 2 is 2.12 bits per heavy atom. The molecule has 1 saturated heterocycles. The van der Waals surface area contributed by atoms with Crippen molar-refractivity contribution in [2.75, 3.05) is 6.61 Å². The van der Waals surface area contributed by atoms with E-state index in [0.29, 0.717) is 11.3 Å². The molecule has 34 heavy (non-hydrogen) atoms. The number of aryl methyl sites for hydroxylation is 1. The minimum absolute atomic E-state index is 0.0578. The number of pyridine rings is 1. The highest BCUT2D eigenvalue weighted by atomic mass is 16.7. The van der Waals surface area contributed by atoms with E-state index in [0.717, 1.165) is 11.1 Å². The number of nitrogens with one attached hydrogen (secondary N) is 1. The van der Waals surface area contributed by atoms with Crippen molar-refractivity contribution >= 4 is 16.8 Å². The van der Waals surface area contributed by atoms with Crippen LogP contribution in [0.2, 0.25) is 0 Å². The van der Waals surface area contributed by atoms with Crippen molar-refractivity contribution in [3.8, 4) is 11.6 Å². The number of benzene rings is 1. The van der Waals surface area contributed by atoms with Crippen LogP contribution in [-0.2, 0) is 20.8 Å². The van der Waals surface area contributed by atoms with Crippen LogP contribution in [0.4, 0.5) is 0 Å². The number of aromatic nitrogens is 4. The van der Waals surface area contributed by atoms with E-state index in [4.69, 9.17) is 14.2 Å². The van der Waals surface area contributed by atoms with Crippen molar-refractivity contribution in [2.45, 2.75) is 51.0 Å². The van der Waals surface area contributed by atoms with E-state index in [1.54, 1.807) is 12.3 Å². The van der Waals surface area contributed by atoms with Gasteiger partial charge in [-0.3, -0.25) is 4.79 Å². The molecule has 0 bridgehead atoms. The third kappa shape index (κ3) is 5.23. The second-order valence-corrected chi connectivity index (χ2v) is 8.03. The van der Waals surface area contributed by atoms with Crippen molar-refractivity contribution in [2.24, 2.45) is 0 Å². The molecule has 0 unspecified atom stereocenters. The van der Waals surface area contributed by atoms with Crippen molar-refractivity contribution < 1.29 is 29.2 Å². The molecule has 1 aromatic carbocycles. The van der Waals surface area contributed by atoms with Gasteiger partial charge in [0.1, 0.15) is 29.9 Å². The molecule has 0 radical (unpaired) electrons. The number of ether oxygens (including phenoxy) is 3. The molecule has 0 saturated carbocycles. The number of hydrogen-bond acceptors (Lipinski definition) is 9. The number of hydrogen-bond donors (Lipinski definition) is 3. The van der Waals surface area contributed by atoms with Gasteiger partial charge in [0.2, 0.25) is 5.91 Å². The number of para-hydroxylation sites is 1. The third-order valence-corrected chi connectivity index (χ3v) is 5.37. The lowest BCUT2D eigenvalue weighted by molar-refractivity contribution is -0.264. The van der Waals surface area contributed by atoms with Crippen molar-refractivity contribution in [3.05, 3.63) is 54.9 Å². The maximum absolute atomic E-state index is 11.5. The summed E-state index contributed by atoms with van der Waals surface area (Å²) in [5.41, 5.74) is 1.57. The van der Waals surface area contributed by atoms with Crippen LogP contribution < -0.4 is 10.1 Å². The highest BCUT2D eigenvalue weighted by Crippen LogP contribution is 2.28. The summed E-state index contributed by atoms with van der Waals surface area (Å²) in [6.45, 7) is 6.99. The van der Waals surface area contributed by atoms with E-state index in [1.807, 2.05) is 31.2 Å². The Balaban J connectivity index is 1.48. The van der Waals surface area contributed by atoms with Gasteiger partial charge in [0, 0.05) is 18.0 Å². The van der Waals surface area contributed by atoms with Crippen LogP contribution in [0.5, 0.6) is 11.6 Å². The maximum atomic E-state index is 11.5. The smallest absolute Gasteiger partial charge is 0.258 e. The molecule has 1 aliphatic heterocycles. The molecule has 0 spiro atoms. The van der Waals surface area contributed by atoms with E-state index >= 15 is 0 Å². The van der Waals surface area contributed by atoms with E-state index in [9.17, 15) is 15.0 Å². The summed E-state index contributed by atoms with van der Waals surface area (Å²) >= 11 is 0. The molecule has 3 N–H and O–H groups in total. The van der Waals surface area contributed by atoms with Gasteiger partial charge in [-0.1, -0.05) is 34.6 Å². The molecule has 1 aliphatic rings. The number of carbonyl (C=O) groups is 1. The molecule has 3 aromatic rings. The molecular formula is C23H27N5O6. The molecule has 180 valence electrons. The minimum Gasteiger partial charge on any atom is -0.434 e. The lowest BCUT2D eigenvalue weighted by atomic mass is 9.96. The highest BCUT2D eigenvalue weighted by Gasteiger charge is 2.45. The Morgan fingerprint density at radius 3 is 2.88 bits per heavy atom. The van der Waals surface area contributed by atoms with Crippen molar-refractivity contribution in [1.29, 1.82) is 0 Å². The number of aliphatic hydroxyl groups excluding tert-OH is 2. The van der Waals surface area contributed by atoms with Crippen LogP contribution in [0.1, 0.15) is 12.6 Å². The maximum Gasteiger partial charge on any atom is 0.258 e. The first-order valence-electron chi connectivity index (χ1n) is 10.8. The van der Waals surface area contributed by atoms with Gasteiger partial charge in [0.15, 0.2) is 12.0 Å². The first-order valence-corrected chi connectivity index (χ1v) is 10.8. The summed E-state index contributed by atoms with van der Waals surface area (Å²) in [6.07, 6.45) is -1.43. The van der Waals surface area contributed by atoms with Gasteiger partial charge < -0.3 is 29.7 Å². The van der Waals surface area contributed by atoms with Crippen LogP contribution in [0.25, 0.3) is 10.9 Å². The number of aliphatic hydroxyl groups is 2. The van der Waals surface area contributed by atoms with Crippen LogP contribution in [0, 0.1) is 6.92 Å². The number of nitrogens with zero attached hydrogens (tertiary/aromatic N) is 4. The zero-order valence-electron chi connectivity index (χ0n) is 18.9. The van der Waals surface area contributed by atoms with E-state index in [1.165, 1.54) is 17.7 Å². The molecule has 3 heterocycles. The number of rotatable bonds is 8. The average molecular weight is 469 g/mol. The Hall–Kier alpha value is -3.38. The second-order valence-electron chi connectivity index (χ2n) is 8.03. The Morgan fingerprint density at radius 1 is 1.29 bits per heavy atom. The SMILES string of the molecule is C=CCO[C@H]1O[C@H](Cn2cc(Oc3cccc4ccc(C)nc34)nn2)[C@H](O)[C@H](O)[C@H]1NC(C)=O. The van der Waals surface area contributed by atoms with Gasteiger partial charge in [-0.2, -0.15) is 0 Å². The van der Waals surface area contributed by atoms with E-state index < -0.39 is 30.6 Å². The predicted octanol–water partition coefficient (Wildman–Crippen LogP) is 1.08. The van der Waals surface area contributed by atoms with Gasteiger partial charge in [-0.25, -0.2) is 9.67 Å². The van der Waals surface area contributed by atoms with Crippen molar-refractivity contribution in [1.82, 2.24) is 25.3 Å². The number of amides is 1. The summed E-state index contributed by atoms with van der Waals surface area (Å²) in [5.74, 6) is 0.382. The summed E-state index contributed by atoms with van der Waals surface area (Å²) in [7, 11) is 0. The zero-order chi connectivity index (χ0) is 24.2. The third-order valence-electron chi connectivity index (χ3n) is 5.37. The number of carbonyl (C=O) groups excluding carboxylic acids is 1. The minimum atomic E-state index is -1.32. The largest absolute Gasteiger partial charge is 0.434 e. The average Bonchev–Trinajstić information content (AvgIpc) is 3.25. The highest BCUT2D eigenvalue weighted by molar-refractivity contribution is 5.84. The van der Waals surface area contributed by atoms with Crippen LogP contribution in [0.3, 0.4) is 0 Å². The van der Waals surface area contributed by atoms with Gasteiger partial charge >= 0.3 is 0 Å². The molecule has 4 rings (SSSR count). The van der Waals surface area contributed by atoms with Gasteiger partial charge in [0.05, 0.1) is 19.3 Å². The Labute approximate surface area is 196 Å².